The Morgan fingerprint density at radius 2 is 1.58 bits per heavy atom. The number of carbonyl (C=O) groups is 3. The molecule has 2 unspecified atom stereocenters. The van der Waals surface area contributed by atoms with Gasteiger partial charge in [-0.1, -0.05) is 70.2 Å². The summed E-state index contributed by atoms with van der Waals surface area (Å²) in [6, 6.07) is 17.3. The van der Waals surface area contributed by atoms with E-state index in [1.165, 1.54) is 10.5 Å². The smallest absolute Gasteiger partial charge is 0.261 e. The fourth-order valence-corrected chi connectivity index (χ4v) is 6.79. The second kappa shape index (κ2) is 11.2. The van der Waals surface area contributed by atoms with Crippen LogP contribution in [0.25, 0.3) is 0 Å². The molecule has 0 aliphatic carbocycles. The molecule has 2 heterocycles. The van der Waals surface area contributed by atoms with Gasteiger partial charge in [-0.15, -0.1) is 0 Å². The van der Waals surface area contributed by atoms with Crippen LogP contribution < -0.4 is 0 Å². The maximum absolute atomic E-state index is 13.2. The van der Waals surface area contributed by atoms with Gasteiger partial charge in [-0.2, -0.15) is 0 Å². The Hall–Kier alpha value is -2.61. The first kappa shape index (κ1) is 28.4. The summed E-state index contributed by atoms with van der Waals surface area (Å²) >= 11 is 0. The Bertz CT molecular complexity index is 1120. The molecule has 6 nitrogen and oxygen atoms in total. The van der Waals surface area contributed by atoms with Gasteiger partial charge in [0.25, 0.3) is 11.8 Å². The van der Waals surface area contributed by atoms with Crippen LogP contribution in [-0.4, -0.2) is 56.2 Å². The van der Waals surface area contributed by atoms with E-state index >= 15 is 0 Å². The average molecular weight is 536 g/mol. The van der Waals surface area contributed by atoms with Crippen LogP contribution in [-0.2, 0) is 20.4 Å². The van der Waals surface area contributed by atoms with Crippen molar-refractivity contribution in [2.75, 3.05) is 6.54 Å². The zero-order valence-electron chi connectivity index (χ0n) is 23.5. The summed E-state index contributed by atoms with van der Waals surface area (Å²) in [5.74, 6) is -0.310. The Balaban J connectivity index is 1.52. The molecule has 5 atom stereocenters. The van der Waals surface area contributed by atoms with Gasteiger partial charge < -0.3 is 14.0 Å². The van der Waals surface area contributed by atoms with E-state index in [9.17, 15) is 14.4 Å². The molecule has 1 saturated heterocycles. The molecule has 4 rings (SSSR count). The lowest BCUT2D eigenvalue weighted by atomic mass is 9.83. The molecule has 0 bridgehead atoms. The van der Waals surface area contributed by atoms with Crippen LogP contribution in [0, 0.1) is 11.8 Å². The van der Waals surface area contributed by atoms with Crippen molar-refractivity contribution in [3.8, 4) is 0 Å². The summed E-state index contributed by atoms with van der Waals surface area (Å²) in [5, 5.41) is -0.0427. The summed E-state index contributed by atoms with van der Waals surface area (Å²) in [6.45, 7) is 13.2. The largest absolute Gasteiger partial charge is 0.412 e. The van der Waals surface area contributed by atoms with Gasteiger partial charge in [-0.25, -0.2) is 0 Å². The highest BCUT2D eigenvalue weighted by Crippen LogP contribution is 2.41. The lowest BCUT2D eigenvalue weighted by Gasteiger charge is -2.40. The first-order valence-corrected chi connectivity index (χ1v) is 16.6. The first-order valence-electron chi connectivity index (χ1n) is 13.7. The number of carbonyl (C=O) groups excluding carboxylic acids is 3. The zero-order valence-corrected chi connectivity index (χ0v) is 24.5. The summed E-state index contributed by atoms with van der Waals surface area (Å²) in [5.41, 5.74) is 2.13. The Kier molecular flexibility index (Phi) is 8.40. The van der Waals surface area contributed by atoms with Crippen molar-refractivity contribution >= 4 is 26.4 Å². The Labute approximate surface area is 227 Å². The van der Waals surface area contributed by atoms with Crippen LogP contribution in [0.2, 0.25) is 18.1 Å². The maximum Gasteiger partial charge on any atom is 0.261 e. The molecule has 0 N–H and O–H groups in total. The van der Waals surface area contributed by atoms with E-state index in [0.717, 1.165) is 19.1 Å². The van der Waals surface area contributed by atoms with Crippen LogP contribution in [0.1, 0.15) is 66.8 Å². The van der Waals surface area contributed by atoms with Gasteiger partial charge in [-0.05, 0) is 60.5 Å². The number of hydrogen-bond donors (Lipinski definition) is 0. The average Bonchev–Trinajstić information content (AvgIpc) is 3.30. The van der Waals surface area contributed by atoms with Crippen molar-refractivity contribution in [3.63, 3.8) is 0 Å². The number of benzene rings is 2. The normalized spacial score (nSPS) is 24.5. The molecule has 0 spiro atoms. The molecule has 38 heavy (non-hydrogen) atoms. The molecular formula is C31H41NO5Si. The number of aldehydes is 1. The van der Waals surface area contributed by atoms with Crippen LogP contribution in [0.15, 0.2) is 54.6 Å². The lowest BCUT2D eigenvalue weighted by Crippen LogP contribution is -2.49. The van der Waals surface area contributed by atoms with Gasteiger partial charge >= 0.3 is 0 Å². The molecule has 0 radical (unpaired) electrons. The van der Waals surface area contributed by atoms with Crippen molar-refractivity contribution in [3.05, 3.63) is 71.3 Å². The van der Waals surface area contributed by atoms with E-state index in [4.69, 9.17) is 9.16 Å². The molecule has 2 aromatic carbocycles. The molecule has 2 amide bonds. The van der Waals surface area contributed by atoms with Gasteiger partial charge in [0.2, 0.25) is 0 Å². The van der Waals surface area contributed by atoms with E-state index in [1.807, 2.05) is 18.2 Å². The molecular weight excluding hydrogens is 494 g/mol. The number of amides is 2. The van der Waals surface area contributed by atoms with Crippen molar-refractivity contribution in [1.82, 2.24) is 4.90 Å². The molecule has 204 valence electrons. The highest BCUT2D eigenvalue weighted by atomic mass is 28.4. The SMILES string of the molecule is C[C@@H]1C(CCc2ccccc2)[C@H](C=O)O[C@@H]1CC(CN1C(=O)c2ccccc2C1=O)O[Si](C)(C)C(C)(C)C. The van der Waals surface area contributed by atoms with Gasteiger partial charge in [0.1, 0.15) is 12.4 Å². The van der Waals surface area contributed by atoms with Gasteiger partial charge in [0.15, 0.2) is 8.32 Å². The molecule has 2 aliphatic heterocycles. The highest BCUT2D eigenvalue weighted by Gasteiger charge is 2.46. The third-order valence-electron chi connectivity index (χ3n) is 8.79. The maximum atomic E-state index is 13.2. The van der Waals surface area contributed by atoms with Gasteiger partial charge in [-0.3, -0.25) is 14.5 Å². The lowest BCUT2D eigenvalue weighted by molar-refractivity contribution is -0.119. The zero-order chi connectivity index (χ0) is 27.7. The second-order valence-corrected chi connectivity index (χ2v) is 17.1. The first-order chi connectivity index (χ1) is 17.9. The molecule has 2 aliphatic rings. The summed E-state index contributed by atoms with van der Waals surface area (Å²) in [6.07, 6.45) is 2.15. The van der Waals surface area contributed by atoms with E-state index in [1.54, 1.807) is 24.3 Å². The quantitative estimate of drug-likeness (QED) is 0.215. The predicted octanol–water partition coefficient (Wildman–Crippen LogP) is 5.91. The van der Waals surface area contributed by atoms with E-state index in [2.05, 4.69) is 52.9 Å². The number of aryl methyl sites for hydroxylation is 1. The molecule has 0 aromatic heterocycles. The van der Waals surface area contributed by atoms with E-state index < -0.39 is 14.4 Å². The summed E-state index contributed by atoms with van der Waals surface area (Å²) in [7, 11) is -2.23. The number of imide groups is 1. The van der Waals surface area contributed by atoms with Gasteiger partial charge in [0, 0.05) is 6.42 Å². The van der Waals surface area contributed by atoms with Crippen LogP contribution >= 0.6 is 0 Å². The fourth-order valence-electron chi connectivity index (χ4n) is 5.43. The number of nitrogens with zero attached hydrogens (tertiary/aromatic N) is 1. The third-order valence-corrected chi connectivity index (χ3v) is 13.3. The number of rotatable bonds is 10. The topological polar surface area (TPSA) is 72.9 Å². The van der Waals surface area contributed by atoms with Crippen molar-refractivity contribution < 1.29 is 23.5 Å². The van der Waals surface area contributed by atoms with Crippen LogP contribution in [0.5, 0.6) is 0 Å². The number of hydrogen-bond acceptors (Lipinski definition) is 5. The number of ether oxygens (including phenoxy) is 1. The van der Waals surface area contributed by atoms with E-state index in [-0.39, 0.29) is 47.4 Å². The minimum Gasteiger partial charge on any atom is -0.412 e. The number of fused-ring (bicyclic) bond motifs is 1. The fraction of sp³-hybridized carbons (Fsp3) is 0.516. The molecule has 0 saturated carbocycles. The molecule has 7 heteroatoms. The third kappa shape index (κ3) is 5.85. The van der Waals surface area contributed by atoms with Crippen LogP contribution in [0.4, 0.5) is 0 Å². The predicted molar refractivity (Wildman–Crippen MR) is 151 cm³/mol. The van der Waals surface area contributed by atoms with Gasteiger partial charge in [0.05, 0.1) is 29.9 Å². The molecule has 1 fully saturated rings. The summed E-state index contributed by atoms with van der Waals surface area (Å²) < 4.78 is 13.1. The standard InChI is InChI=1S/C31H41NO5Si/c1-21-24(17-16-22-12-8-7-9-13-22)28(20-33)36-27(21)18-23(37-38(5,6)31(2,3)4)19-32-29(34)25-14-10-11-15-26(25)30(32)35/h7-15,20-21,23-24,27-28H,16-19H2,1-6H3/t21-,23?,24?,27-,28+/m1/s1. The van der Waals surface area contributed by atoms with E-state index in [0.29, 0.717) is 17.5 Å². The summed E-state index contributed by atoms with van der Waals surface area (Å²) in [4.78, 5) is 39.7. The van der Waals surface area contributed by atoms with Crippen molar-refractivity contribution in [1.29, 1.82) is 0 Å². The Morgan fingerprint density at radius 3 is 2.13 bits per heavy atom. The second-order valence-electron chi connectivity index (χ2n) is 12.3. The molecule has 2 aromatic rings. The monoisotopic (exact) mass is 535 g/mol. The minimum absolute atomic E-state index is 0.0427. The van der Waals surface area contributed by atoms with Crippen molar-refractivity contribution in [2.24, 2.45) is 11.8 Å². The van der Waals surface area contributed by atoms with Crippen molar-refractivity contribution in [2.45, 2.75) is 83.4 Å². The Morgan fingerprint density at radius 1 is 1.00 bits per heavy atom. The van der Waals surface area contributed by atoms with Crippen LogP contribution in [0.3, 0.4) is 0 Å². The minimum atomic E-state index is -2.23. The highest BCUT2D eigenvalue weighted by molar-refractivity contribution is 6.74.